The highest BCUT2D eigenvalue weighted by Gasteiger charge is 2.38. The number of carboxylic acid groups (broad SMARTS) is 2. The summed E-state index contributed by atoms with van der Waals surface area (Å²) >= 11 is 0. The molecule has 0 unspecified atom stereocenters. The molecular formula is C18H18F6N4O6. The lowest BCUT2D eigenvalue weighted by molar-refractivity contribution is -0.383. The van der Waals surface area contributed by atoms with Gasteiger partial charge in [-0.2, -0.15) is 26.3 Å². The predicted molar refractivity (Wildman–Crippen MR) is 105 cm³/mol. The van der Waals surface area contributed by atoms with E-state index < -0.39 is 24.3 Å². The highest BCUT2D eigenvalue weighted by Crippen LogP contribution is 2.32. The van der Waals surface area contributed by atoms with Gasteiger partial charge in [-0.15, -0.1) is 0 Å². The SMILES string of the molecule is O=C(O)C(F)(F)F.O=C(O)C(F)(F)F.O=[N+]([O-])c1ccc(N2CCCNCC2)c2ncccc12. The summed E-state index contributed by atoms with van der Waals surface area (Å²) in [6.45, 7) is 3.76. The summed E-state index contributed by atoms with van der Waals surface area (Å²) in [5.41, 5.74) is 1.81. The van der Waals surface area contributed by atoms with Gasteiger partial charge in [-0.25, -0.2) is 9.59 Å². The molecule has 2 aromatic rings. The largest absolute Gasteiger partial charge is 0.490 e. The number of hydrogen-bond donors (Lipinski definition) is 3. The van der Waals surface area contributed by atoms with Crippen LogP contribution in [0.25, 0.3) is 10.9 Å². The normalized spacial score (nSPS) is 14.1. The lowest BCUT2D eigenvalue weighted by Gasteiger charge is -2.23. The van der Waals surface area contributed by atoms with Gasteiger partial charge in [0.1, 0.15) is 5.52 Å². The molecule has 34 heavy (non-hydrogen) atoms. The molecule has 1 aliphatic heterocycles. The average Bonchev–Trinajstić information content (AvgIpc) is 3.01. The Bertz CT molecular complexity index is 983. The number of fused-ring (bicyclic) bond motifs is 1. The third kappa shape index (κ3) is 8.68. The van der Waals surface area contributed by atoms with Crippen LogP contribution in [0.2, 0.25) is 0 Å². The van der Waals surface area contributed by atoms with E-state index in [0.29, 0.717) is 10.9 Å². The lowest BCUT2D eigenvalue weighted by Crippen LogP contribution is -2.28. The first-order valence-electron chi connectivity index (χ1n) is 9.24. The minimum absolute atomic E-state index is 0.116. The van der Waals surface area contributed by atoms with Crippen LogP contribution in [0.5, 0.6) is 0 Å². The highest BCUT2D eigenvalue weighted by molar-refractivity contribution is 5.97. The standard InChI is InChI=1S/C14H16N4O2.2C2HF3O2/c19-18(20)12-4-5-13(14-11(12)3-1-7-16-14)17-9-2-6-15-8-10-17;2*3-2(4,5)1(6)7/h1,3-5,7,15H,2,6,8-10H2;2*(H,6,7). The maximum Gasteiger partial charge on any atom is 0.490 e. The number of nitro benzene ring substituents is 1. The minimum Gasteiger partial charge on any atom is -0.475 e. The molecule has 0 saturated carbocycles. The van der Waals surface area contributed by atoms with Crippen molar-refractivity contribution in [3.63, 3.8) is 0 Å². The van der Waals surface area contributed by atoms with Crippen LogP contribution in [0.15, 0.2) is 30.5 Å². The fourth-order valence-electron chi connectivity index (χ4n) is 2.64. The van der Waals surface area contributed by atoms with Crippen molar-refractivity contribution in [1.82, 2.24) is 10.3 Å². The second-order valence-electron chi connectivity index (χ2n) is 6.46. The van der Waals surface area contributed by atoms with Crippen molar-refractivity contribution in [2.45, 2.75) is 18.8 Å². The zero-order valence-electron chi connectivity index (χ0n) is 17.1. The molecule has 1 saturated heterocycles. The first-order valence-corrected chi connectivity index (χ1v) is 9.24. The molecule has 3 N–H and O–H groups in total. The number of aliphatic carboxylic acids is 2. The van der Waals surface area contributed by atoms with Crippen LogP contribution in [0.3, 0.4) is 0 Å². The zero-order valence-corrected chi connectivity index (χ0v) is 17.1. The number of hydrogen-bond acceptors (Lipinski definition) is 7. The van der Waals surface area contributed by atoms with Crippen molar-refractivity contribution in [1.29, 1.82) is 0 Å². The van der Waals surface area contributed by atoms with Crippen LogP contribution >= 0.6 is 0 Å². The first kappa shape index (κ1) is 28.3. The van der Waals surface area contributed by atoms with Crippen LogP contribution < -0.4 is 10.2 Å². The number of nitro groups is 1. The number of nitrogens with zero attached hydrogens (tertiary/aromatic N) is 3. The quantitative estimate of drug-likeness (QED) is 0.321. The number of aromatic nitrogens is 1. The van der Waals surface area contributed by atoms with Crippen molar-refractivity contribution < 1.29 is 51.1 Å². The van der Waals surface area contributed by atoms with E-state index in [1.54, 1.807) is 24.4 Å². The van der Waals surface area contributed by atoms with E-state index in [0.717, 1.165) is 38.3 Å². The molecule has 10 nitrogen and oxygen atoms in total. The Kier molecular flexibility index (Phi) is 9.97. The maximum absolute atomic E-state index is 11.1. The van der Waals surface area contributed by atoms with Gasteiger partial charge >= 0.3 is 24.3 Å². The number of carboxylic acids is 2. The molecule has 1 aliphatic rings. The fraction of sp³-hybridized carbons (Fsp3) is 0.389. The Morgan fingerprint density at radius 3 is 2.06 bits per heavy atom. The molecule has 0 radical (unpaired) electrons. The van der Waals surface area contributed by atoms with E-state index in [1.165, 1.54) is 0 Å². The van der Waals surface area contributed by atoms with Gasteiger partial charge in [-0.1, -0.05) is 0 Å². The van der Waals surface area contributed by atoms with E-state index in [4.69, 9.17) is 19.8 Å². The summed E-state index contributed by atoms with van der Waals surface area (Å²) in [5.74, 6) is -5.51. The monoisotopic (exact) mass is 500 g/mol. The predicted octanol–water partition coefficient (Wildman–Crippen LogP) is 3.21. The van der Waals surface area contributed by atoms with E-state index in [-0.39, 0.29) is 10.6 Å². The second-order valence-corrected chi connectivity index (χ2v) is 6.46. The Balaban J connectivity index is 0.000000343. The Morgan fingerprint density at radius 1 is 1.00 bits per heavy atom. The lowest BCUT2D eigenvalue weighted by atomic mass is 10.1. The van der Waals surface area contributed by atoms with Crippen molar-refractivity contribution in [2.75, 3.05) is 31.1 Å². The van der Waals surface area contributed by atoms with Gasteiger partial charge in [0.25, 0.3) is 5.69 Å². The van der Waals surface area contributed by atoms with Gasteiger partial charge in [0.15, 0.2) is 0 Å². The third-order valence-corrected chi connectivity index (χ3v) is 4.09. The van der Waals surface area contributed by atoms with E-state index in [9.17, 15) is 36.5 Å². The number of non-ortho nitro benzene ring substituents is 1. The van der Waals surface area contributed by atoms with E-state index in [1.807, 2.05) is 6.07 Å². The molecule has 188 valence electrons. The second kappa shape index (κ2) is 12.0. The number of rotatable bonds is 2. The summed E-state index contributed by atoms with van der Waals surface area (Å²) in [7, 11) is 0. The number of anilines is 1. The topological polar surface area (TPSA) is 146 Å². The van der Waals surface area contributed by atoms with Crippen molar-refractivity contribution >= 4 is 34.2 Å². The molecule has 1 aromatic carbocycles. The minimum atomic E-state index is -5.08. The molecule has 3 rings (SSSR count). The smallest absolute Gasteiger partial charge is 0.475 e. The number of alkyl halides is 6. The summed E-state index contributed by atoms with van der Waals surface area (Å²) in [6, 6.07) is 6.90. The Morgan fingerprint density at radius 2 is 1.56 bits per heavy atom. The van der Waals surface area contributed by atoms with Gasteiger partial charge in [0, 0.05) is 31.9 Å². The first-order chi connectivity index (χ1) is 15.7. The maximum atomic E-state index is 11.1. The molecule has 0 spiro atoms. The van der Waals surface area contributed by atoms with Gasteiger partial charge in [-0.05, 0) is 31.2 Å². The van der Waals surface area contributed by atoms with Crippen molar-refractivity contribution in [3.05, 3.63) is 40.6 Å². The summed E-state index contributed by atoms with van der Waals surface area (Å²) in [4.78, 5) is 35.2. The zero-order chi connectivity index (χ0) is 26.1. The summed E-state index contributed by atoms with van der Waals surface area (Å²) in [6.07, 6.45) is -7.42. The van der Waals surface area contributed by atoms with E-state index in [2.05, 4.69) is 15.2 Å². The van der Waals surface area contributed by atoms with Crippen LogP contribution in [0.1, 0.15) is 6.42 Å². The number of halogens is 6. The molecule has 0 atom stereocenters. The van der Waals surface area contributed by atoms with Gasteiger partial charge in [-0.3, -0.25) is 15.1 Å². The van der Waals surface area contributed by atoms with Crippen molar-refractivity contribution in [3.8, 4) is 0 Å². The number of carbonyl (C=O) groups is 2. The summed E-state index contributed by atoms with van der Waals surface area (Å²) < 4.78 is 63.5. The molecule has 1 fully saturated rings. The molecule has 1 aromatic heterocycles. The molecule has 0 aliphatic carbocycles. The Hall–Kier alpha value is -3.69. The van der Waals surface area contributed by atoms with Crippen LogP contribution in [0, 0.1) is 10.1 Å². The molecular weight excluding hydrogens is 482 g/mol. The third-order valence-electron chi connectivity index (χ3n) is 4.09. The van der Waals surface area contributed by atoms with Gasteiger partial charge in [0.2, 0.25) is 0 Å². The van der Waals surface area contributed by atoms with Crippen LogP contribution in [-0.2, 0) is 9.59 Å². The number of benzene rings is 1. The van der Waals surface area contributed by atoms with Gasteiger partial charge in [0.05, 0.1) is 16.0 Å². The van der Waals surface area contributed by atoms with E-state index >= 15 is 0 Å². The average molecular weight is 500 g/mol. The molecule has 0 amide bonds. The molecule has 2 heterocycles. The van der Waals surface area contributed by atoms with Gasteiger partial charge < -0.3 is 20.4 Å². The van der Waals surface area contributed by atoms with Crippen LogP contribution in [-0.4, -0.2) is 70.6 Å². The highest BCUT2D eigenvalue weighted by atomic mass is 19.4. The van der Waals surface area contributed by atoms with Crippen LogP contribution in [0.4, 0.5) is 37.7 Å². The Labute approximate surface area is 186 Å². The fourth-order valence-corrected chi connectivity index (χ4v) is 2.64. The number of pyridine rings is 1. The molecule has 16 heteroatoms. The number of nitrogens with one attached hydrogen (secondary N) is 1. The van der Waals surface area contributed by atoms with Crippen molar-refractivity contribution in [2.24, 2.45) is 0 Å². The molecule has 0 bridgehead atoms. The summed E-state index contributed by atoms with van der Waals surface area (Å²) in [5, 5.41) is 29.3.